The topological polar surface area (TPSA) is 24.5 Å². The molecule has 3 rings (SSSR count). The molecule has 116 valence electrons. The molecule has 0 radical (unpaired) electrons. The fourth-order valence-corrected chi connectivity index (χ4v) is 3.81. The summed E-state index contributed by atoms with van der Waals surface area (Å²) in [6.45, 7) is 9.96. The van der Waals surface area contributed by atoms with Crippen LogP contribution in [0, 0.1) is 19.8 Å². The van der Waals surface area contributed by atoms with Crippen molar-refractivity contribution in [3.05, 3.63) is 29.3 Å². The quantitative estimate of drug-likeness (QED) is 0.843. The number of fused-ring (bicyclic) bond motifs is 1. The van der Waals surface area contributed by atoms with Gasteiger partial charge in [0.1, 0.15) is 5.75 Å². The van der Waals surface area contributed by atoms with E-state index >= 15 is 0 Å². The van der Waals surface area contributed by atoms with Gasteiger partial charge in [-0.3, -0.25) is 0 Å². The van der Waals surface area contributed by atoms with Crippen LogP contribution in [0.2, 0.25) is 0 Å². The summed E-state index contributed by atoms with van der Waals surface area (Å²) in [4.78, 5) is 2.61. The predicted molar refractivity (Wildman–Crippen MR) is 87.0 cm³/mol. The van der Waals surface area contributed by atoms with Gasteiger partial charge in [-0.15, -0.1) is 0 Å². The lowest BCUT2D eigenvalue weighted by molar-refractivity contribution is 0.257. The van der Waals surface area contributed by atoms with Crippen molar-refractivity contribution in [2.75, 3.05) is 32.8 Å². The van der Waals surface area contributed by atoms with Crippen molar-refractivity contribution in [2.24, 2.45) is 5.92 Å². The highest BCUT2D eigenvalue weighted by atomic mass is 16.5. The Balaban J connectivity index is 1.38. The predicted octanol–water partition coefficient (Wildman–Crippen LogP) is 2.76. The van der Waals surface area contributed by atoms with Crippen molar-refractivity contribution in [3.63, 3.8) is 0 Å². The summed E-state index contributed by atoms with van der Waals surface area (Å²) in [6.07, 6.45) is 3.88. The fourth-order valence-electron chi connectivity index (χ4n) is 3.81. The Hall–Kier alpha value is -1.06. The average molecular weight is 288 g/mol. The zero-order valence-corrected chi connectivity index (χ0v) is 13.4. The first kappa shape index (κ1) is 14.9. The lowest BCUT2D eigenvalue weighted by atomic mass is 9.94. The minimum Gasteiger partial charge on any atom is -0.494 e. The number of nitrogens with one attached hydrogen (secondary N) is 1. The molecule has 0 amide bonds. The van der Waals surface area contributed by atoms with Gasteiger partial charge in [0.2, 0.25) is 0 Å². The van der Waals surface area contributed by atoms with Crippen molar-refractivity contribution < 1.29 is 4.74 Å². The molecule has 2 unspecified atom stereocenters. The zero-order valence-electron chi connectivity index (χ0n) is 13.4. The summed E-state index contributed by atoms with van der Waals surface area (Å²) in [5.41, 5.74) is 2.55. The standard InChI is InChI=1S/C18H28N2O/c1-14-9-15(2)11-17(10-14)21-8-4-7-20-12-16-5-3-6-19-18(16)13-20/h9-11,16,18-19H,3-8,12-13H2,1-2H3. The molecule has 3 heteroatoms. The van der Waals surface area contributed by atoms with E-state index in [1.165, 1.54) is 50.1 Å². The normalized spacial score (nSPS) is 25.8. The van der Waals surface area contributed by atoms with Crippen LogP contribution in [0.3, 0.4) is 0 Å². The number of ether oxygens (including phenoxy) is 1. The maximum atomic E-state index is 5.90. The van der Waals surface area contributed by atoms with E-state index < -0.39 is 0 Å². The number of hydrogen-bond donors (Lipinski definition) is 1. The second kappa shape index (κ2) is 6.80. The van der Waals surface area contributed by atoms with Gasteiger partial charge in [0.25, 0.3) is 0 Å². The highest BCUT2D eigenvalue weighted by molar-refractivity contribution is 5.32. The Bertz CT molecular complexity index is 440. The molecular weight excluding hydrogens is 260 g/mol. The van der Waals surface area contributed by atoms with Gasteiger partial charge >= 0.3 is 0 Å². The van der Waals surface area contributed by atoms with Crippen LogP contribution in [-0.2, 0) is 0 Å². The smallest absolute Gasteiger partial charge is 0.119 e. The van der Waals surface area contributed by atoms with Crippen LogP contribution < -0.4 is 10.1 Å². The third-order valence-corrected chi connectivity index (χ3v) is 4.76. The Morgan fingerprint density at radius 2 is 2.00 bits per heavy atom. The number of benzene rings is 1. The first-order valence-electron chi connectivity index (χ1n) is 8.37. The van der Waals surface area contributed by atoms with Crippen LogP contribution in [0.4, 0.5) is 0 Å². The van der Waals surface area contributed by atoms with E-state index in [4.69, 9.17) is 4.74 Å². The summed E-state index contributed by atoms with van der Waals surface area (Å²) in [5.74, 6) is 1.91. The molecule has 0 spiro atoms. The first-order chi connectivity index (χ1) is 10.2. The fraction of sp³-hybridized carbons (Fsp3) is 0.667. The van der Waals surface area contributed by atoms with Crippen molar-refractivity contribution in [1.29, 1.82) is 0 Å². The SMILES string of the molecule is Cc1cc(C)cc(OCCCN2CC3CCCNC3C2)c1. The van der Waals surface area contributed by atoms with Crippen molar-refractivity contribution in [1.82, 2.24) is 10.2 Å². The molecule has 2 saturated heterocycles. The van der Waals surface area contributed by atoms with Gasteiger partial charge in [0.05, 0.1) is 6.61 Å². The molecule has 0 aromatic heterocycles. The van der Waals surface area contributed by atoms with Gasteiger partial charge in [-0.2, -0.15) is 0 Å². The number of nitrogens with zero attached hydrogens (tertiary/aromatic N) is 1. The van der Waals surface area contributed by atoms with E-state index in [1.54, 1.807) is 0 Å². The van der Waals surface area contributed by atoms with Gasteiger partial charge in [-0.25, -0.2) is 0 Å². The highest BCUT2D eigenvalue weighted by Gasteiger charge is 2.33. The van der Waals surface area contributed by atoms with E-state index in [2.05, 4.69) is 42.3 Å². The molecule has 1 aromatic carbocycles. The zero-order chi connectivity index (χ0) is 14.7. The molecule has 1 N–H and O–H groups in total. The van der Waals surface area contributed by atoms with Crippen LogP contribution in [-0.4, -0.2) is 43.7 Å². The minimum atomic E-state index is 0.749. The van der Waals surface area contributed by atoms with Crippen LogP contribution in [0.5, 0.6) is 5.75 Å². The lowest BCUT2D eigenvalue weighted by Crippen LogP contribution is -2.40. The van der Waals surface area contributed by atoms with Crippen molar-refractivity contribution in [2.45, 2.75) is 39.2 Å². The third kappa shape index (κ3) is 3.98. The molecule has 1 aromatic rings. The molecule has 2 atom stereocenters. The molecule has 2 heterocycles. The summed E-state index contributed by atoms with van der Waals surface area (Å²) < 4.78 is 5.90. The summed E-state index contributed by atoms with van der Waals surface area (Å²) >= 11 is 0. The Kier molecular flexibility index (Phi) is 4.81. The molecule has 0 saturated carbocycles. The minimum absolute atomic E-state index is 0.749. The largest absolute Gasteiger partial charge is 0.494 e. The number of hydrogen-bond acceptors (Lipinski definition) is 3. The van der Waals surface area contributed by atoms with Crippen molar-refractivity contribution in [3.8, 4) is 5.75 Å². The van der Waals surface area contributed by atoms with E-state index in [9.17, 15) is 0 Å². The van der Waals surface area contributed by atoms with Crippen LogP contribution in [0.1, 0.15) is 30.4 Å². The summed E-state index contributed by atoms with van der Waals surface area (Å²) in [6, 6.07) is 7.19. The van der Waals surface area contributed by atoms with E-state index in [1.807, 2.05) is 0 Å². The van der Waals surface area contributed by atoms with Gasteiger partial charge in [-0.1, -0.05) is 6.07 Å². The molecule has 2 aliphatic rings. The second-order valence-electron chi connectivity index (χ2n) is 6.75. The summed E-state index contributed by atoms with van der Waals surface area (Å²) in [5, 5.41) is 3.67. The van der Waals surface area contributed by atoms with Gasteiger partial charge in [0, 0.05) is 25.7 Å². The van der Waals surface area contributed by atoms with Gasteiger partial charge in [0.15, 0.2) is 0 Å². The highest BCUT2D eigenvalue weighted by Crippen LogP contribution is 2.24. The molecule has 3 nitrogen and oxygen atoms in total. The molecule has 0 bridgehead atoms. The number of aryl methyl sites for hydroxylation is 2. The molecule has 0 aliphatic carbocycles. The Morgan fingerprint density at radius 3 is 2.76 bits per heavy atom. The number of rotatable bonds is 5. The Morgan fingerprint density at radius 1 is 1.19 bits per heavy atom. The second-order valence-corrected chi connectivity index (χ2v) is 6.75. The van der Waals surface area contributed by atoms with Gasteiger partial charge < -0.3 is 15.0 Å². The Labute approximate surface area is 128 Å². The van der Waals surface area contributed by atoms with Crippen LogP contribution >= 0.6 is 0 Å². The lowest BCUT2D eigenvalue weighted by Gasteiger charge is -2.24. The monoisotopic (exact) mass is 288 g/mol. The van der Waals surface area contributed by atoms with Crippen LogP contribution in [0.25, 0.3) is 0 Å². The third-order valence-electron chi connectivity index (χ3n) is 4.76. The molecule has 2 fully saturated rings. The van der Waals surface area contributed by atoms with E-state index in [0.29, 0.717) is 0 Å². The van der Waals surface area contributed by atoms with Crippen molar-refractivity contribution >= 4 is 0 Å². The molecule has 21 heavy (non-hydrogen) atoms. The van der Waals surface area contributed by atoms with E-state index in [-0.39, 0.29) is 0 Å². The average Bonchev–Trinajstić information content (AvgIpc) is 2.85. The maximum absolute atomic E-state index is 5.90. The van der Waals surface area contributed by atoms with Crippen LogP contribution in [0.15, 0.2) is 18.2 Å². The number of likely N-dealkylation sites (tertiary alicyclic amines) is 1. The maximum Gasteiger partial charge on any atom is 0.119 e. The summed E-state index contributed by atoms with van der Waals surface area (Å²) in [7, 11) is 0. The number of piperidine rings is 1. The molecule has 2 aliphatic heterocycles. The first-order valence-corrected chi connectivity index (χ1v) is 8.37. The molecular formula is C18H28N2O. The van der Waals surface area contributed by atoms with Gasteiger partial charge in [-0.05, 0) is 68.8 Å². The van der Waals surface area contributed by atoms with E-state index in [0.717, 1.165) is 30.7 Å².